The molecule has 0 spiro atoms. The molecule has 120 valence electrons. The van der Waals surface area contributed by atoms with Crippen molar-refractivity contribution in [2.45, 2.75) is 31.8 Å². The van der Waals surface area contributed by atoms with Crippen molar-refractivity contribution >= 4 is 23.2 Å². The van der Waals surface area contributed by atoms with Crippen LogP contribution in [0, 0.1) is 5.92 Å². The van der Waals surface area contributed by atoms with E-state index in [4.69, 9.17) is 4.74 Å². The Balaban J connectivity index is 1.51. The molecule has 0 aliphatic carbocycles. The predicted molar refractivity (Wildman–Crippen MR) is 84.5 cm³/mol. The molecule has 3 heterocycles. The van der Waals surface area contributed by atoms with E-state index in [1.807, 2.05) is 4.90 Å². The molecule has 2 fully saturated rings. The summed E-state index contributed by atoms with van der Waals surface area (Å²) in [6.07, 6.45) is 2.29. The van der Waals surface area contributed by atoms with Gasteiger partial charge in [0.25, 0.3) is 0 Å². The van der Waals surface area contributed by atoms with Crippen molar-refractivity contribution in [3.05, 3.63) is 22.4 Å². The van der Waals surface area contributed by atoms with Crippen LogP contribution in [0.1, 0.15) is 24.1 Å². The van der Waals surface area contributed by atoms with Gasteiger partial charge >= 0.3 is 5.97 Å². The summed E-state index contributed by atoms with van der Waals surface area (Å²) in [5.74, 6) is -0.431. The third-order valence-corrected chi connectivity index (χ3v) is 5.51. The SMILES string of the molecule is COC(=O)C1CC(=O)N(C2CCN(Cc3cccs3)CC2)C1. The molecule has 1 amide bonds. The lowest BCUT2D eigenvalue weighted by molar-refractivity contribution is -0.145. The Bertz CT molecular complexity index is 524. The summed E-state index contributed by atoms with van der Waals surface area (Å²) in [4.78, 5) is 29.5. The van der Waals surface area contributed by atoms with Gasteiger partial charge in [0, 0.05) is 43.5 Å². The summed E-state index contributed by atoms with van der Waals surface area (Å²) in [5.41, 5.74) is 0. The number of methoxy groups -OCH3 is 1. The van der Waals surface area contributed by atoms with Gasteiger partial charge in [0.2, 0.25) is 5.91 Å². The summed E-state index contributed by atoms with van der Waals surface area (Å²) < 4.78 is 4.77. The maximum Gasteiger partial charge on any atom is 0.310 e. The highest BCUT2D eigenvalue weighted by Gasteiger charge is 2.39. The number of carbonyl (C=O) groups is 2. The minimum absolute atomic E-state index is 0.104. The fraction of sp³-hybridized carbons (Fsp3) is 0.625. The molecule has 0 saturated carbocycles. The highest BCUT2D eigenvalue weighted by Crippen LogP contribution is 2.27. The highest BCUT2D eigenvalue weighted by molar-refractivity contribution is 7.09. The number of esters is 1. The van der Waals surface area contributed by atoms with Gasteiger partial charge in [-0.1, -0.05) is 6.07 Å². The molecule has 2 aliphatic heterocycles. The van der Waals surface area contributed by atoms with Crippen LogP contribution in [-0.4, -0.2) is 54.5 Å². The average Bonchev–Trinajstić information content (AvgIpc) is 3.17. The van der Waals surface area contributed by atoms with E-state index < -0.39 is 0 Å². The van der Waals surface area contributed by atoms with E-state index in [2.05, 4.69) is 22.4 Å². The monoisotopic (exact) mass is 322 g/mol. The van der Waals surface area contributed by atoms with Crippen molar-refractivity contribution in [2.24, 2.45) is 5.92 Å². The minimum atomic E-state index is -0.276. The number of thiophene rings is 1. The van der Waals surface area contributed by atoms with Crippen molar-refractivity contribution in [1.29, 1.82) is 0 Å². The van der Waals surface area contributed by atoms with Crippen molar-refractivity contribution in [3.8, 4) is 0 Å². The number of nitrogens with zero attached hydrogens (tertiary/aromatic N) is 2. The first-order valence-electron chi connectivity index (χ1n) is 7.79. The molecule has 2 saturated heterocycles. The third-order valence-electron chi connectivity index (χ3n) is 4.65. The number of ether oxygens (including phenoxy) is 1. The fourth-order valence-electron chi connectivity index (χ4n) is 3.42. The Morgan fingerprint density at radius 3 is 2.82 bits per heavy atom. The quantitative estimate of drug-likeness (QED) is 0.792. The molecule has 1 unspecified atom stereocenters. The van der Waals surface area contributed by atoms with E-state index in [0.29, 0.717) is 13.0 Å². The van der Waals surface area contributed by atoms with Crippen LogP contribution >= 0.6 is 11.3 Å². The lowest BCUT2D eigenvalue weighted by Gasteiger charge is -2.36. The summed E-state index contributed by atoms with van der Waals surface area (Å²) >= 11 is 1.79. The van der Waals surface area contributed by atoms with Crippen molar-refractivity contribution in [2.75, 3.05) is 26.7 Å². The molecule has 2 aliphatic rings. The summed E-state index contributed by atoms with van der Waals surface area (Å²) in [6.45, 7) is 3.55. The van der Waals surface area contributed by atoms with Crippen molar-refractivity contribution in [1.82, 2.24) is 9.80 Å². The molecular weight excluding hydrogens is 300 g/mol. The normalized spacial score (nSPS) is 24.0. The molecule has 1 aromatic heterocycles. The van der Waals surface area contributed by atoms with Gasteiger partial charge in [0.05, 0.1) is 13.0 Å². The summed E-state index contributed by atoms with van der Waals surface area (Å²) in [7, 11) is 1.39. The second kappa shape index (κ2) is 6.79. The van der Waals surface area contributed by atoms with E-state index >= 15 is 0 Å². The van der Waals surface area contributed by atoms with Crippen LogP contribution in [0.2, 0.25) is 0 Å². The van der Waals surface area contributed by atoms with E-state index in [9.17, 15) is 9.59 Å². The van der Waals surface area contributed by atoms with Crippen LogP contribution in [0.25, 0.3) is 0 Å². The average molecular weight is 322 g/mol. The van der Waals surface area contributed by atoms with Gasteiger partial charge in [0.15, 0.2) is 0 Å². The van der Waals surface area contributed by atoms with Gasteiger partial charge in [-0.2, -0.15) is 0 Å². The van der Waals surface area contributed by atoms with Gasteiger partial charge < -0.3 is 9.64 Å². The van der Waals surface area contributed by atoms with Gasteiger partial charge in [-0.25, -0.2) is 0 Å². The molecule has 0 N–H and O–H groups in total. The topological polar surface area (TPSA) is 49.9 Å². The second-order valence-electron chi connectivity index (χ2n) is 6.06. The number of amides is 1. The minimum Gasteiger partial charge on any atom is -0.469 e. The lowest BCUT2D eigenvalue weighted by atomic mass is 10.0. The number of hydrogen-bond acceptors (Lipinski definition) is 5. The maximum atomic E-state index is 12.1. The number of hydrogen-bond donors (Lipinski definition) is 0. The van der Waals surface area contributed by atoms with Crippen LogP contribution in [0.4, 0.5) is 0 Å². The zero-order valence-electron chi connectivity index (χ0n) is 12.9. The largest absolute Gasteiger partial charge is 0.469 e. The zero-order chi connectivity index (χ0) is 15.5. The Morgan fingerprint density at radius 1 is 1.41 bits per heavy atom. The van der Waals surface area contributed by atoms with Crippen LogP contribution in [0.15, 0.2) is 17.5 Å². The van der Waals surface area contributed by atoms with Crippen molar-refractivity contribution in [3.63, 3.8) is 0 Å². The number of likely N-dealkylation sites (tertiary alicyclic amines) is 2. The van der Waals surface area contributed by atoms with Crippen LogP contribution in [0.3, 0.4) is 0 Å². The molecule has 0 aromatic carbocycles. The second-order valence-corrected chi connectivity index (χ2v) is 7.09. The van der Waals surface area contributed by atoms with Crippen LogP contribution in [-0.2, 0) is 20.9 Å². The Labute approximate surface area is 134 Å². The van der Waals surface area contributed by atoms with Gasteiger partial charge in [-0.15, -0.1) is 11.3 Å². The van der Waals surface area contributed by atoms with Crippen LogP contribution in [0.5, 0.6) is 0 Å². The molecular formula is C16H22N2O3S. The first kappa shape index (κ1) is 15.5. The molecule has 6 heteroatoms. The highest BCUT2D eigenvalue weighted by atomic mass is 32.1. The molecule has 1 atom stereocenters. The van der Waals surface area contributed by atoms with Gasteiger partial charge in [0.1, 0.15) is 0 Å². The molecule has 22 heavy (non-hydrogen) atoms. The summed E-state index contributed by atoms with van der Waals surface area (Å²) in [6, 6.07) is 4.53. The first-order chi connectivity index (χ1) is 10.7. The first-order valence-corrected chi connectivity index (χ1v) is 8.67. The Hall–Kier alpha value is -1.40. The van der Waals surface area contributed by atoms with Gasteiger partial charge in [-0.05, 0) is 24.3 Å². The molecule has 0 radical (unpaired) electrons. The molecule has 3 rings (SSSR count). The lowest BCUT2D eigenvalue weighted by Crippen LogP contribution is -2.45. The third kappa shape index (κ3) is 3.33. The fourth-order valence-corrected chi connectivity index (χ4v) is 4.17. The van der Waals surface area contributed by atoms with Gasteiger partial charge in [-0.3, -0.25) is 14.5 Å². The molecule has 0 bridgehead atoms. The van der Waals surface area contributed by atoms with Crippen LogP contribution < -0.4 is 0 Å². The number of carbonyl (C=O) groups excluding carboxylic acids is 2. The Morgan fingerprint density at radius 2 is 2.18 bits per heavy atom. The maximum absolute atomic E-state index is 12.1. The Kier molecular flexibility index (Phi) is 4.78. The van der Waals surface area contributed by atoms with E-state index in [1.54, 1.807) is 11.3 Å². The number of piperidine rings is 1. The predicted octanol–water partition coefficient (Wildman–Crippen LogP) is 1.73. The molecule has 1 aromatic rings. The zero-order valence-corrected chi connectivity index (χ0v) is 13.7. The number of rotatable bonds is 4. The smallest absolute Gasteiger partial charge is 0.310 e. The standard InChI is InChI=1S/C16H22N2O3S/c1-21-16(20)12-9-15(19)18(10-12)13-4-6-17(7-5-13)11-14-3-2-8-22-14/h2-3,8,12-13H,4-7,9-11H2,1H3. The van der Waals surface area contributed by atoms with E-state index in [-0.39, 0.29) is 23.8 Å². The summed E-state index contributed by atoms with van der Waals surface area (Å²) in [5, 5.41) is 2.11. The van der Waals surface area contributed by atoms with E-state index in [1.165, 1.54) is 12.0 Å². The van der Waals surface area contributed by atoms with E-state index in [0.717, 1.165) is 32.5 Å². The molecule has 5 nitrogen and oxygen atoms in total. The van der Waals surface area contributed by atoms with Crippen molar-refractivity contribution < 1.29 is 14.3 Å².